The van der Waals surface area contributed by atoms with Gasteiger partial charge >= 0.3 is 5.97 Å². The summed E-state index contributed by atoms with van der Waals surface area (Å²) in [6.45, 7) is 4.28. The number of carboxylic acid groups (broad SMARTS) is 1. The summed E-state index contributed by atoms with van der Waals surface area (Å²) in [5, 5.41) is 13.9. The predicted molar refractivity (Wildman–Crippen MR) is 93.1 cm³/mol. The molecule has 1 aliphatic heterocycles. The van der Waals surface area contributed by atoms with E-state index in [1.54, 1.807) is 0 Å². The first-order chi connectivity index (χ1) is 11.9. The molecule has 1 aliphatic rings. The van der Waals surface area contributed by atoms with E-state index < -0.39 is 12.0 Å². The summed E-state index contributed by atoms with van der Waals surface area (Å²) < 4.78 is 1.81. The highest BCUT2D eigenvalue weighted by molar-refractivity contribution is 5.84. The van der Waals surface area contributed by atoms with Crippen LogP contribution in [0.5, 0.6) is 0 Å². The van der Waals surface area contributed by atoms with Crippen molar-refractivity contribution in [2.75, 3.05) is 0 Å². The molecule has 0 spiro atoms. The van der Waals surface area contributed by atoms with Gasteiger partial charge in [-0.05, 0) is 37.0 Å². The van der Waals surface area contributed by atoms with E-state index in [0.29, 0.717) is 25.8 Å². The molecule has 1 atom stereocenters. The standard InChI is InChI=1S/C19H23N3O3/c1-12-16(13(2)21(3)20-12)8-9-18(23)22-11-15-7-5-4-6-14(15)10-17(22)19(24)25/h4-7,17H,8-11H2,1-3H3,(H,24,25)/t17-/m1/s1. The number of carbonyl (C=O) groups is 2. The summed E-state index contributed by atoms with van der Waals surface area (Å²) in [5.74, 6) is -1.07. The predicted octanol–water partition coefficient (Wildman–Crippen LogP) is 2.01. The van der Waals surface area contributed by atoms with Crippen LogP contribution in [-0.4, -0.2) is 37.7 Å². The third-order valence-corrected chi connectivity index (χ3v) is 5.10. The minimum absolute atomic E-state index is 0.121. The number of aryl methyl sites for hydroxylation is 2. The van der Waals surface area contributed by atoms with Crippen LogP contribution >= 0.6 is 0 Å². The number of fused-ring (bicyclic) bond motifs is 1. The Labute approximate surface area is 147 Å². The van der Waals surface area contributed by atoms with Crippen LogP contribution in [0.2, 0.25) is 0 Å². The molecule has 2 heterocycles. The van der Waals surface area contributed by atoms with E-state index in [1.165, 1.54) is 4.90 Å². The molecule has 0 saturated heterocycles. The molecule has 6 nitrogen and oxygen atoms in total. The zero-order valence-electron chi connectivity index (χ0n) is 14.8. The Bertz CT molecular complexity index is 825. The number of aromatic nitrogens is 2. The number of aliphatic carboxylic acids is 1. The largest absolute Gasteiger partial charge is 0.480 e. The van der Waals surface area contributed by atoms with Gasteiger partial charge in [-0.3, -0.25) is 9.48 Å². The molecule has 0 saturated carbocycles. The van der Waals surface area contributed by atoms with Gasteiger partial charge in [-0.25, -0.2) is 4.79 Å². The van der Waals surface area contributed by atoms with Gasteiger partial charge in [0.15, 0.2) is 0 Å². The van der Waals surface area contributed by atoms with Gasteiger partial charge in [-0.15, -0.1) is 0 Å². The maximum absolute atomic E-state index is 12.8. The number of hydrogen-bond acceptors (Lipinski definition) is 3. The summed E-state index contributed by atoms with van der Waals surface area (Å²) in [7, 11) is 1.88. The van der Waals surface area contributed by atoms with Gasteiger partial charge in [0.05, 0.1) is 5.69 Å². The number of hydrogen-bond donors (Lipinski definition) is 1. The summed E-state index contributed by atoms with van der Waals surface area (Å²) in [6.07, 6.45) is 1.23. The third-order valence-electron chi connectivity index (χ3n) is 5.10. The Balaban J connectivity index is 1.77. The van der Waals surface area contributed by atoms with Crippen molar-refractivity contribution in [1.29, 1.82) is 0 Å². The van der Waals surface area contributed by atoms with E-state index in [-0.39, 0.29) is 5.91 Å². The number of rotatable bonds is 4. The molecule has 3 rings (SSSR count). The first-order valence-corrected chi connectivity index (χ1v) is 8.46. The van der Waals surface area contributed by atoms with Crippen molar-refractivity contribution in [2.45, 2.75) is 45.7 Å². The molecule has 25 heavy (non-hydrogen) atoms. The maximum atomic E-state index is 12.8. The molecule has 6 heteroatoms. The molecule has 0 aliphatic carbocycles. The third kappa shape index (κ3) is 3.29. The molecule has 1 aromatic heterocycles. The van der Waals surface area contributed by atoms with Crippen LogP contribution in [0.4, 0.5) is 0 Å². The minimum Gasteiger partial charge on any atom is -0.480 e. The lowest BCUT2D eigenvalue weighted by Gasteiger charge is -2.34. The molecule has 0 radical (unpaired) electrons. The fourth-order valence-electron chi connectivity index (χ4n) is 3.56. The van der Waals surface area contributed by atoms with Crippen molar-refractivity contribution in [3.63, 3.8) is 0 Å². The zero-order valence-corrected chi connectivity index (χ0v) is 14.8. The SMILES string of the molecule is Cc1nn(C)c(C)c1CCC(=O)N1Cc2ccccc2C[C@@H]1C(=O)O. The van der Waals surface area contributed by atoms with Crippen molar-refractivity contribution in [1.82, 2.24) is 14.7 Å². The topological polar surface area (TPSA) is 75.4 Å². The molecule has 0 unspecified atom stereocenters. The molecule has 132 valence electrons. The van der Waals surface area contributed by atoms with Gasteiger partial charge in [0.1, 0.15) is 6.04 Å². The highest BCUT2D eigenvalue weighted by atomic mass is 16.4. The van der Waals surface area contributed by atoms with Crippen LogP contribution in [-0.2, 0) is 36.0 Å². The number of benzene rings is 1. The Morgan fingerprint density at radius 2 is 1.92 bits per heavy atom. The number of amides is 1. The molecule has 0 bridgehead atoms. The second-order valence-corrected chi connectivity index (χ2v) is 6.62. The molecule has 1 N–H and O–H groups in total. The molecule has 2 aromatic rings. The van der Waals surface area contributed by atoms with Gasteiger partial charge in [-0.2, -0.15) is 5.10 Å². The molecule has 1 amide bonds. The average Bonchev–Trinajstić information content (AvgIpc) is 2.83. The fraction of sp³-hybridized carbons (Fsp3) is 0.421. The van der Waals surface area contributed by atoms with Crippen molar-refractivity contribution in [3.05, 3.63) is 52.3 Å². The van der Waals surface area contributed by atoms with Crippen LogP contribution in [0, 0.1) is 13.8 Å². The molecule has 0 fully saturated rings. The fourth-order valence-corrected chi connectivity index (χ4v) is 3.56. The first-order valence-electron chi connectivity index (χ1n) is 8.46. The lowest BCUT2D eigenvalue weighted by Crippen LogP contribution is -2.48. The lowest BCUT2D eigenvalue weighted by atomic mass is 9.93. The highest BCUT2D eigenvalue weighted by Gasteiger charge is 2.34. The van der Waals surface area contributed by atoms with Gasteiger partial charge in [0.2, 0.25) is 5.91 Å². The van der Waals surface area contributed by atoms with E-state index in [0.717, 1.165) is 28.1 Å². The van der Waals surface area contributed by atoms with Crippen molar-refractivity contribution >= 4 is 11.9 Å². The molecular weight excluding hydrogens is 318 g/mol. The summed E-state index contributed by atoms with van der Waals surface area (Å²) in [6, 6.07) is 6.94. The van der Waals surface area contributed by atoms with Crippen LogP contribution in [0.1, 0.15) is 34.5 Å². The van der Waals surface area contributed by atoms with Crippen molar-refractivity contribution in [3.8, 4) is 0 Å². The number of carboxylic acids is 1. The average molecular weight is 341 g/mol. The zero-order chi connectivity index (χ0) is 18.1. The molecule has 1 aromatic carbocycles. The monoisotopic (exact) mass is 341 g/mol. The first kappa shape index (κ1) is 17.2. The normalized spacial score (nSPS) is 16.6. The van der Waals surface area contributed by atoms with Crippen LogP contribution in [0.15, 0.2) is 24.3 Å². The van der Waals surface area contributed by atoms with Gasteiger partial charge < -0.3 is 10.0 Å². The van der Waals surface area contributed by atoms with E-state index in [4.69, 9.17) is 0 Å². The summed E-state index contributed by atoms with van der Waals surface area (Å²) in [5.41, 5.74) is 5.08. The van der Waals surface area contributed by atoms with Gasteiger partial charge in [0.25, 0.3) is 0 Å². The minimum atomic E-state index is -0.948. The van der Waals surface area contributed by atoms with Crippen LogP contribution in [0.25, 0.3) is 0 Å². The number of carbonyl (C=O) groups excluding carboxylic acids is 1. The van der Waals surface area contributed by atoms with E-state index in [9.17, 15) is 14.7 Å². The Morgan fingerprint density at radius 3 is 2.52 bits per heavy atom. The van der Waals surface area contributed by atoms with E-state index in [1.807, 2.05) is 49.8 Å². The Kier molecular flexibility index (Phi) is 4.61. The van der Waals surface area contributed by atoms with E-state index in [2.05, 4.69) is 5.10 Å². The maximum Gasteiger partial charge on any atom is 0.326 e. The summed E-state index contributed by atoms with van der Waals surface area (Å²) in [4.78, 5) is 25.9. The quantitative estimate of drug-likeness (QED) is 0.923. The highest BCUT2D eigenvalue weighted by Crippen LogP contribution is 2.25. The number of nitrogens with zero attached hydrogens (tertiary/aromatic N) is 3. The van der Waals surface area contributed by atoms with Gasteiger partial charge in [0, 0.05) is 32.1 Å². The van der Waals surface area contributed by atoms with Crippen molar-refractivity contribution < 1.29 is 14.7 Å². The van der Waals surface area contributed by atoms with E-state index >= 15 is 0 Å². The smallest absolute Gasteiger partial charge is 0.326 e. The van der Waals surface area contributed by atoms with Gasteiger partial charge in [-0.1, -0.05) is 24.3 Å². The van der Waals surface area contributed by atoms with Crippen LogP contribution in [0.3, 0.4) is 0 Å². The Morgan fingerprint density at radius 1 is 1.24 bits per heavy atom. The Hall–Kier alpha value is -2.63. The lowest BCUT2D eigenvalue weighted by molar-refractivity contribution is -0.151. The summed E-state index contributed by atoms with van der Waals surface area (Å²) >= 11 is 0. The molecular formula is C19H23N3O3. The van der Waals surface area contributed by atoms with Crippen LogP contribution < -0.4 is 0 Å². The van der Waals surface area contributed by atoms with Crippen molar-refractivity contribution in [2.24, 2.45) is 7.05 Å². The second-order valence-electron chi connectivity index (χ2n) is 6.62. The second kappa shape index (κ2) is 6.70.